The van der Waals surface area contributed by atoms with Crippen molar-refractivity contribution in [2.24, 2.45) is 33.7 Å². The number of nitrogens with zero attached hydrogens (tertiary/aromatic N) is 2. The molecular formula is C45H36Br2Cl6F8N2O2. The molecule has 0 spiro atoms. The third kappa shape index (κ3) is 10.4. The summed E-state index contributed by atoms with van der Waals surface area (Å²) < 4.78 is 122. The Morgan fingerprint density at radius 2 is 1.23 bits per heavy atom. The summed E-state index contributed by atoms with van der Waals surface area (Å²) in [6.07, 6.45) is -8.24. The van der Waals surface area contributed by atoms with E-state index in [1.807, 2.05) is 20.8 Å². The first-order chi connectivity index (χ1) is 30.2. The lowest BCUT2D eigenvalue weighted by molar-refractivity contribution is -0.204. The molecule has 4 nitrogen and oxygen atoms in total. The number of carbonyl (C=O) groups is 1. The van der Waals surface area contributed by atoms with Crippen LogP contribution in [0.1, 0.15) is 68.7 Å². The van der Waals surface area contributed by atoms with E-state index in [-0.39, 0.29) is 84.9 Å². The fourth-order valence-electron chi connectivity index (χ4n) is 8.68. The number of carbonyl (C=O) groups excluding carboxylic acids is 1. The molecule has 2 aliphatic heterocycles. The normalized spacial score (nSPS) is 24.7. The van der Waals surface area contributed by atoms with Gasteiger partial charge in [-0.05, 0) is 133 Å². The molecule has 0 amide bonds. The highest BCUT2D eigenvalue weighted by Gasteiger charge is 2.67. The first-order valence-electron chi connectivity index (χ1n) is 19.8. The van der Waals surface area contributed by atoms with Gasteiger partial charge in [-0.3, -0.25) is 14.8 Å². The Morgan fingerprint density at radius 3 is 1.72 bits per heavy atom. The number of aliphatic imine (C=N–C) groups is 2. The minimum atomic E-state index is -4.98. The minimum absolute atomic E-state index is 0.00369. The highest BCUT2D eigenvalue weighted by molar-refractivity contribution is 9.10. The van der Waals surface area contributed by atoms with Gasteiger partial charge in [0.2, 0.25) is 0 Å². The van der Waals surface area contributed by atoms with Crippen LogP contribution in [0, 0.1) is 35.3 Å². The van der Waals surface area contributed by atoms with Gasteiger partial charge < -0.3 is 4.74 Å². The molecule has 350 valence electrons. The van der Waals surface area contributed by atoms with E-state index in [0.717, 1.165) is 31.0 Å². The third-order valence-electron chi connectivity index (χ3n) is 12.3. The summed E-state index contributed by atoms with van der Waals surface area (Å²) in [5.74, 6) is -3.63. The Kier molecular flexibility index (Phi) is 16.1. The summed E-state index contributed by atoms with van der Waals surface area (Å²) in [6.45, 7) is 4.72. The molecule has 20 heteroatoms. The van der Waals surface area contributed by atoms with E-state index >= 15 is 13.2 Å². The number of esters is 1. The molecule has 6 atom stereocenters. The van der Waals surface area contributed by atoms with Crippen LogP contribution < -0.4 is 0 Å². The maximum atomic E-state index is 15.3. The van der Waals surface area contributed by atoms with E-state index in [4.69, 9.17) is 74.3 Å². The van der Waals surface area contributed by atoms with E-state index in [1.54, 1.807) is 0 Å². The molecule has 1 fully saturated rings. The highest BCUT2D eigenvalue weighted by atomic mass is 79.9. The second-order valence-corrected chi connectivity index (χ2v) is 20.8. The zero-order valence-electron chi connectivity index (χ0n) is 34.2. The van der Waals surface area contributed by atoms with Crippen molar-refractivity contribution in [1.29, 1.82) is 0 Å². The molecule has 7 rings (SSSR count). The Balaban J connectivity index is 0.000000233. The van der Waals surface area contributed by atoms with Crippen molar-refractivity contribution in [2.75, 3.05) is 13.1 Å². The zero-order chi connectivity index (χ0) is 48.1. The SMILES string of the molecule is CC(C)[C@@H]1CC[C@@H](C)C[C@H]1OC(=O)C1C(c2ccc(F)c(Br)c2)=NCC1(c1cc(Cl)c(Cl)c(Cl)c1)C(F)(F)F.Fc1ccc(C2=NCC(c3cc(Cl)c(Cl)c(Cl)c3)(C(F)(F)F)C2)cc1Br. The van der Waals surface area contributed by atoms with Crippen molar-refractivity contribution in [3.8, 4) is 0 Å². The topological polar surface area (TPSA) is 51.0 Å². The highest BCUT2D eigenvalue weighted by Crippen LogP contribution is 2.54. The van der Waals surface area contributed by atoms with Gasteiger partial charge >= 0.3 is 18.3 Å². The number of alkyl halides is 6. The van der Waals surface area contributed by atoms with Gasteiger partial charge in [0.25, 0.3) is 0 Å². The standard InChI is InChI=1S/C28H27BrCl3F4NO2.C17H9BrCl3F4N/c1-13(2)17-6-4-14(3)8-22(17)39-26(38)23-25(15-5-7-21(33)18(29)9-15)37-12-27(23,28(34,35)36)16-10-19(30)24(32)20(31)11-16;18-10-3-8(1-2-13(10)22)14-6-16(7-26-14,17(23,24)25)9-4-11(19)15(21)12(20)5-9/h5,7,9-11,13-14,17,22-23H,4,6,8,12H2,1-3H3;1-5H,6-7H2/t14-,17+,22-,23?,27?;/m1./s1. The quantitative estimate of drug-likeness (QED) is 0.105. The van der Waals surface area contributed by atoms with E-state index in [9.17, 15) is 26.7 Å². The Hall–Kier alpha value is -2.17. The summed E-state index contributed by atoms with van der Waals surface area (Å²) in [5.41, 5.74) is -4.92. The molecule has 65 heavy (non-hydrogen) atoms. The second-order valence-electron chi connectivity index (χ2n) is 16.7. The molecular weight excluding hydrogens is 1130 g/mol. The molecule has 3 aliphatic rings. The van der Waals surface area contributed by atoms with Crippen LogP contribution in [0.2, 0.25) is 30.1 Å². The van der Waals surface area contributed by atoms with Crippen LogP contribution in [-0.4, -0.2) is 48.9 Å². The first-order valence-corrected chi connectivity index (χ1v) is 23.7. The first kappa shape index (κ1) is 52.2. The summed E-state index contributed by atoms with van der Waals surface area (Å²) in [4.78, 5) is 22.4. The van der Waals surface area contributed by atoms with Crippen molar-refractivity contribution in [2.45, 2.75) is 75.7 Å². The van der Waals surface area contributed by atoms with Gasteiger partial charge in [-0.15, -0.1) is 0 Å². The van der Waals surface area contributed by atoms with Gasteiger partial charge in [-0.2, -0.15) is 26.3 Å². The van der Waals surface area contributed by atoms with Crippen LogP contribution in [0.25, 0.3) is 0 Å². The molecule has 0 N–H and O–H groups in total. The number of benzene rings is 4. The molecule has 4 aromatic carbocycles. The molecule has 4 aromatic rings. The average molecular weight is 1160 g/mol. The lowest BCUT2D eigenvalue weighted by atomic mass is 9.68. The molecule has 1 saturated carbocycles. The number of ether oxygens (including phenoxy) is 1. The molecule has 2 heterocycles. The van der Waals surface area contributed by atoms with Gasteiger partial charge in [0, 0.05) is 12.1 Å². The zero-order valence-corrected chi connectivity index (χ0v) is 41.9. The van der Waals surface area contributed by atoms with Gasteiger partial charge in [-0.25, -0.2) is 8.78 Å². The van der Waals surface area contributed by atoms with Crippen LogP contribution in [0.4, 0.5) is 35.1 Å². The van der Waals surface area contributed by atoms with Crippen molar-refractivity contribution >= 4 is 119 Å². The lowest BCUT2D eigenvalue weighted by Crippen LogP contribution is -2.54. The number of rotatable bonds is 7. The van der Waals surface area contributed by atoms with Crippen LogP contribution in [-0.2, 0) is 20.4 Å². The molecule has 1 aliphatic carbocycles. The van der Waals surface area contributed by atoms with Crippen LogP contribution in [0.5, 0.6) is 0 Å². The van der Waals surface area contributed by atoms with E-state index < -0.39 is 72.3 Å². The van der Waals surface area contributed by atoms with Crippen LogP contribution in [0.3, 0.4) is 0 Å². The molecule has 0 bridgehead atoms. The van der Waals surface area contributed by atoms with Gasteiger partial charge in [-0.1, -0.05) is 109 Å². The monoisotopic (exact) mass is 1160 g/mol. The predicted octanol–water partition coefficient (Wildman–Crippen LogP) is 16.7. The van der Waals surface area contributed by atoms with Crippen molar-refractivity contribution < 1.29 is 44.7 Å². The second kappa shape index (κ2) is 20.0. The smallest absolute Gasteiger partial charge is 0.401 e. The Bertz CT molecular complexity index is 2510. The van der Waals surface area contributed by atoms with Crippen LogP contribution in [0.15, 0.2) is 79.6 Å². The predicted molar refractivity (Wildman–Crippen MR) is 249 cm³/mol. The summed E-state index contributed by atoms with van der Waals surface area (Å²) >= 11 is 42.2. The molecule has 0 saturated heterocycles. The van der Waals surface area contributed by atoms with Gasteiger partial charge in [0.15, 0.2) is 0 Å². The fourth-order valence-corrected chi connectivity index (χ4v) is 10.6. The summed E-state index contributed by atoms with van der Waals surface area (Å²) in [5, 5.41) is -0.596. The third-order valence-corrected chi connectivity index (χ3v) is 15.9. The number of hydrogen-bond donors (Lipinski definition) is 0. The average Bonchev–Trinajstić information content (AvgIpc) is 3.86. The van der Waals surface area contributed by atoms with Crippen molar-refractivity contribution in [1.82, 2.24) is 0 Å². The van der Waals surface area contributed by atoms with E-state index in [1.165, 1.54) is 42.5 Å². The maximum absolute atomic E-state index is 15.3. The summed E-state index contributed by atoms with van der Waals surface area (Å²) in [7, 11) is 0. The molecule has 3 unspecified atom stereocenters. The summed E-state index contributed by atoms with van der Waals surface area (Å²) in [6, 6.07) is 12.2. The van der Waals surface area contributed by atoms with Gasteiger partial charge in [0.1, 0.15) is 34.5 Å². The fraction of sp³-hybridized carbons (Fsp3) is 0.400. The number of halogens is 16. The molecule has 0 aromatic heterocycles. The Labute approximate surface area is 416 Å². The van der Waals surface area contributed by atoms with Gasteiger partial charge in [0.05, 0.1) is 57.9 Å². The van der Waals surface area contributed by atoms with E-state index in [2.05, 4.69) is 41.8 Å². The minimum Gasteiger partial charge on any atom is -0.462 e. The van der Waals surface area contributed by atoms with Crippen molar-refractivity contribution in [3.05, 3.63) is 134 Å². The van der Waals surface area contributed by atoms with Crippen molar-refractivity contribution in [3.63, 3.8) is 0 Å². The lowest BCUT2D eigenvalue weighted by Gasteiger charge is -2.40. The van der Waals surface area contributed by atoms with Crippen LogP contribution >= 0.6 is 101 Å². The number of hydrogen-bond acceptors (Lipinski definition) is 4. The largest absolute Gasteiger partial charge is 0.462 e. The van der Waals surface area contributed by atoms with E-state index in [0.29, 0.717) is 12.0 Å². The molecule has 0 radical (unpaired) electrons. The Morgan fingerprint density at radius 1 is 0.723 bits per heavy atom. The maximum Gasteiger partial charge on any atom is 0.401 e.